The fourth-order valence-corrected chi connectivity index (χ4v) is 0.989. The first kappa shape index (κ1) is 8.25. The lowest BCUT2D eigenvalue weighted by Crippen LogP contribution is -2.13. The van der Waals surface area contributed by atoms with Gasteiger partial charge in [0.1, 0.15) is 0 Å². The maximum atomic E-state index is 12.0. The van der Waals surface area contributed by atoms with Crippen LogP contribution in [0.1, 0.15) is 12.2 Å². The molecule has 1 aromatic rings. The quantitative estimate of drug-likeness (QED) is 0.536. The van der Waals surface area contributed by atoms with Crippen LogP contribution in [-0.2, 0) is 0 Å². The summed E-state index contributed by atoms with van der Waals surface area (Å²) in [5.74, 6) is 4.70. The second-order valence-corrected chi connectivity index (χ2v) is 2.49. The third kappa shape index (κ3) is 1.42. The number of nitrogens with two attached hydrogens (primary N) is 1. The van der Waals surface area contributed by atoms with Crippen molar-refractivity contribution in [2.45, 2.75) is 11.6 Å². The minimum atomic E-state index is -2.67. The smallest absolute Gasteiger partial charge is 0.299 e. The number of nitrogens with zero attached hydrogens (tertiary/aromatic N) is 3. The van der Waals surface area contributed by atoms with Crippen LogP contribution in [0.4, 0.5) is 8.78 Å². The highest BCUT2D eigenvalue weighted by Crippen LogP contribution is 2.18. The van der Waals surface area contributed by atoms with Crippen LogP contribution in [0.15, 0.2) is 5.16 Å². The van der Waals surface area contributed by atoms with Gasteiger partial charge in [0.05, 0.1) is 0 Å². The van der Waals surface area contributed by atoms with E-state index in [0.29, 0.717) is 0 Å². The van der Waals surface area contributed by atoms with Gasteiger partial charge in [0.15, 0.2) is 0 Å². The molecule has 1 heterocycles. The van der Waals surface area contributed by atoms with Gasteiger partial charge in [0.2, 0.25) is 11.0 Å². The molecule has 0 aliphatic rings. The molecule has 11 heavy (non-hydrogen) atoms. The Labute approximate surface area is 65.8 Å². The molecule has 0 aromatic carbocycles. The van der Waals surface area contributed by atoms with Crippen LogP contribution in [-0.4, -0.2) is 21.1 Å². The zero-order valence-corrected chi connectivity index (χ0v) is 6.48. The Morgan fingerprint density at radius 2 is 2.18 bits per heavy atom. The molecule has 0 atom stereocenters. The van der Waals surface area contributed by atoms with Crippen molar-refractivity contribution in [1.82, 2.24) is 14.9 Å². The van der Waals surface area contributed by atoms with Crippen molar-refractivity contribution in [3.8, 4) is 0 Å². The SMILES string of the molecule is CSc1nnc(C(F)F)n1N. The molecule has 0 bridgehead atoms. The first-order valence-corrected chi connectivity index (χ1v) is 3.91. The van der Waals surface area contributed by atoms with E-state index in [2.05, 4.69) is 10.2 Å². The number of halogens is 2. The van der Waals surface area contributed by atoms with Gasteiger partial charge in [-0.05, 0) is 6.26 Å². The normalized spacial score (nSPS) is 10.9. The average molecular weight is 180 g/mol. The molecule has 0 unspecified atom stereocenters. The van der Waals surface area contributed by atoms with Crippen molar-refractivity contribution in [2.24, 2.45) is 0 Å². The second kappa shape index (κ2) is 3.04. The Morgan fingerprint density at radius 3 is 2.45 bits per heavy atom. The monoisotopic (exact) mass is 180 g/mol. The summed E-state index contributed by atoms with van der Waals surface area (Å²) in [7, 11) is 0. The van der Waals surface area contributed by atoms with Gasteiger partial charge in [-0.15, -0.1) is 10.2 Å². The van der Waals surface area contributed by atoms with Crippen molar-refractivity contribution >= 4 is 11.8 Å². The molecule has 0 saturated carbocycles. The van der Waals surface area contributed by atoms with Crippen LogP contribution in [0.2, 0.25) is 0 Å². The molecule has 0 aliphatic carbocycles. The lowest BCUT2D eigenvalue weighted by atomic mass is 10.7. The van der Waals surface area contributed by atoms with Gasteiger partial charge in [0, 0.05) is 0 Å². The van der Waals surface area contributed by atoms with Gasteiger partial charge in [-0.1, -0.05) is 11.8 Å². The molecule has 0 amide bonds. The fraction of sp³-hybridized carbons (Fsp3) is 0.500. The summed E-state index contributed by atoms with van der Waals surface area (Å²) in [6.45, 7) is 0. The molecule has 0 aliphatic heterocycles. The number of rotatable bonds is 2. The van der Waals surface area contributed by atoms with Crippen LogP contribution >= 0.6 is 11.8 Å². The molecular formula is C4H6F2N4S. The lowest BCUT2D eigenvalue weighted by molar-refractivity contribution is 0.136. The molecule has 1 aromatic heterocycles. The fourth-order valence-electron chi connectivity index (χ4n) is 0.576. The van der Waals surface area contributed by atoms with E-state index < -0.39 is 12.2 Å². The van der Waals surface area contributed by atoms with Crippen molar-refractivity contribution in [1.29, 1.82) is 0 Å². The zero-order valence-electron chi connectivity index (χ0n) is 5.66. The Morgan fingerprint density at radius 1 is 1.55 bits per heavy atom. The predicted molar refractivity (Wildman–Crippen MR) is 36.9 cm³/mol. The third-order valence-corrected chi connectivity index (χ3v) is 1.71. The largest absolute Gasteiger partial charge is 0.335 e. The number of thioether (sulfide) groups is 1. The minimum absolute atomic E-state index is 0.278. The van der Waals surface area contributed by atoms with Crippen LogP contribution in [0.25, 0.3) is 0 Å². The molecular weight excluding hydrogens is 174 g/mol. The van der Waals surface area contributed by atoms with E-state index in [4.69, 9.17) is 5.84 Å². The third-order valence-electron chi connectivity index (χ3n) is 1.07. The standard InChI is InChI=1S/C4H6F2N4S/c1-11-4-9-8-3(2(5)6)10(4)7/h2H,7H2,1H3. The highest BCUT2D eigenvalue weighted by atomic mass is 32.2. The second-order valence-electron chi connectivity index (χ2n) is 1.72. The predicted octanol–water partition coefficient (Wildman–Crippen LogP) is 0.651. The number of alkyl halides is 2. The summed E-state index contributed by atoms with van der Waals surface area (Å²) in [5.41, 5.74) is 0. The summed E-state index contributed by atoms with van der Waals surface area (Å²) >= 11 is 1.16. The topological polar surface area (TPSA) is 56.7 Å². The highest BCUT2D eigenvalue weighted by Gasteiger charge is 2.17. The summed E-state index contributed by atoms with van der Waals surface area (Å²) in [6.07, 6.45) is -0.990. The van der Waals surface area contributed by atoms with E-state index in [9.17, 15) is 8.78 Å². The maximum Gasteiger partial charge on any atom is 0.299 e. The van der Waals surface area contributed by atoms with Crippen molar-refractivity contribution in [2.75, 3.05) is 12.1 Å². The van der Waals surface area contributed by atoms with Crippen molar-refractivity contribution in [3.05, 3.63) is 5.82 Å². The number of hydrogen-bond donors (Lipinski definition) is 1. The molecule has 0 spiro atoms. The Kier molecular flexibility index (Phi) is 2.28. The molecule has 0 fully saturated rings. The number of nitrogen functional groups attached to an aromatic ring is 1. The van der Waals surface area contributed by atoms with E-state index in [-0.39, 0.29) is 5.16 Å². The van der Waals surface area contributed by atoms with Gasteiger partial charge < -0.3 is 5.84 Å². The molecule has 62 valence electrons. The van der Waals surface area contributed by atoms with E-state index in [0.717, 1.165) is 16.4 Å². The van der Waals surface area contributed by atoms with E-state index in [1.54, 1.807) is 6.26 Å². The lowest BCUT2D eigenvalue weighted by Gasteiger charge is -1.98. The first-order chi connectivity index (χ1) is 5.16. The van der Waals surface area contributed by atoms with Crippen LogP contribution in [0.5, 0.6) is 0 Å². The van der Waals surface area contributed by atoms with Crippen molar-refractivity contribution in [3.63, 3.8) is 0 Å². The van der Waals surface area contributed by atoms with Gasteiger partial charge in [-0.25, -0.2) is 13.5 Å². The molecule has 0 radical (unpaired) electrons. The maximum absolute atomic E-state index is 12.0. The van der Waals surface area contributed by atoms with Gasteiger partial charge in [-0.2, -0.15) is 0 Å². The zero-order chi connectivity index (χ0) is 8.43. The van der Waals surface area contributed by atoms with Crippen LogP contribution in [0.3, 0.4) is 0 Å². The van der Waals surface area contributed by atoms with Gasteiger partial charge in [-0.3, -0.25) is 0 Å². The molecule has 0 saturated heterocycles. The molecule has 4 nitrogen and oxygen atoms in total. The van der Waals surface area contributed by atoms with Crippen molar-refractivity contribution < 1.29 is 8.78 Å². The van der Waals surface area contributed by atoms with Gasteiger partial charge >= 0.3 is 0 Å². The summed E-state index contributed by atoms with van der Waals surface area (Å²) in [6, 6.07) is 0. The van der Waals surface area contributed by atoms with E-state index in [1.807, 2.05) is 0 Å². The summed E-state index contributed by atoms with van der Waals surface area (Å²) < 4.78 is 24.7. The first-order valence-electron chi connectivity index (χ1n) is 2.69. The average Bonchev–Trinajstić information content (AvgIpc) is 2.30. The molecule has 2 N–H and O–H groups in total. The van der Waals surface area contributed by atoms with E-state index in [1.165, 1.54) is 0 Å². The molecule has 1 rings (SSSR count). The van der Waals surface area contributed by atoms with E-state index >= 15 is 0 Å². The highest BCUT2D eigenvalue weighted by molar-refractivity contribution is 7.98. The Balaban J connectivity index is 3.00. The summed E-state index contributed by atoms with van der Waals surface area (Å²) in [4.78, 5) is 0. The Hall–Kier alpha value is -0.850. The van der Waals surface area contributed by atoms with Crippen LogP contribution in [0, 0.1) is 0 Å². The van der Waals surface area contributed by atoms with Gasteiger partial charge in [0.25, 0.3) is 6.43 Å². The Bertz CT molecular complexity index is 248. The molecule has 7 heteroatoms. The number of hydrogen-bond acceptors (Lipinski definition) is 4. The number of aromatic nitrogens is 3. The summed E-state index contributed by atoms with van der Waals surface area (Å²) in [5, 5.41) is 6.91. The minimum Gasteiger partial charge on any atom is -0.335 e. The van der Waals surface area contributed by atoms with Crippen LogP contribution < -0.4 is 5.84 Å².